The zero-order chi connectivity index (χ0) is 12.8. The molecule has 1 aromatic heterocycles. The fraction of sp³-hybridized carbons (Fsp3) is 0.571. The van der Waals surface area contributed by atoms with Crippen LogP contribution in [0.25, 0.3) is 0 Å². The van der Waals surface area contributed by atoms with Gasteiger partial charge >= 0.3 is 0 Å². The van der Waals surface area contributed by atoms with Crippen LogP contribution in [0.1, 0.15) is 31.4 Å². The number of aryl methyl sites for hydroxylation is 1. The number of carbonyl (C=O) groups excluding carboxylic acids is 1. The van der Waals surface area contributed by atoms with E-state index in [-0.39, 0.29) is 30.7 Å². The predicted molar refractivity (Wildman–Crippen MR) is 86.9 cm³/mol. The molecular weight excluding hydrogens is 297 g/mol. The molecule has 2 heterocycles. The molecule has 1 saturated heterocycles. The number of hydrogen-bond donors (Lipinski definition) is 2. The van der Waals surface area contributed by atoms with Gasteiger partial charge in [0.05, 0.1) is 11.4 Å². The van der Waals surface area contributed by atoms with Gasteiger partial charge in [-0.2, -0.15) is 0 Å². The lowest BCUT2D eigenvalue weighted by Gasteiger charge is -2.22. The van der Waals surface area contributed by atoms with Gasteiger partial charge in [0.25, 0.3) is 0 Å². The molecule has 1 fully saturated rings. The molecule has 1 amide bonds. The van der Waals surface area contributed by atoms with Crippen molar-refractivity contribution in [3.05, 3.63) is 24.0 Å². The van der Waals surface area contributed by atoms with E-state index in [1.807, 2.05) is 19.1 Å². The Hall–Kier alpha value is -0.840. The van der Waals surface area contributed by atoms with Gasteiger partial charge in [-0.1, -0.05) is 0 Å². The molecule has 2 N–H and O–H groups in total. The monoisotopic (exact) mass is 319 g/mol. The van der Waals surface area contributed by atoms with Gasteiger partial charge in [-0.05, 0) is 57.3 Å². The van der Waals surface area contributed by atoms with Crippen LogP contribution < -0.4 is 10.6 Å². The lowest BCUT2D eigenvalue weighted by atomic mass is 9.93. The number of rotatable bonds is 4. The number of anilines is 1. The van der Waals surface area contributed by atoms with E-state index in [1.165, 1.54) is 12.8 Å². The van der Waals surface area contributed by atoms with E-state index in [0.717, 1.165) is 30.9 Å². The number of carbonyl (C=O) groups is 1. The van der Waals surface area contributed by atoms with Crippen molar-refractivity contribution in [2.75, 3.05) is 18.4 Å². The second-order valence-corrected chi connectivity index (χ2v) is 4.92. The maximum Gasteiger partial charge on any atom is 0.224 e. The number of halogens is 2. The molecule has 1 aliphatic heterocycles. The van der Waals surface area contributed by atoms with Crippen molar-refractivity contribution in [3.8, 4) is 0 Å². The SMILES string of the molecule is Cc1ncccc1NC(=O)CCC1CCNCC1.Cl.Cl. The van der Waals surface area contributed by atoms with Crippen molar-refractivity contribution in [1.82, 2.24) is 10.3 Å². The van der Waals surface area contributed by atoms with Crippen molar-refractivity contribution >= 4 is 36.4 Å². The highest BCUT2D eigenvalue weighted by molar-refractivity contribution is 5.91. The Morgan fingerprint density at radius 1 is 1.40 bits per heavy atom. The minimum absolute atomic E-state index is 0. The van der Waals surface area contributed by atoms with Crippen LogP contribution in [0.2, 0.25) is 0 Å². The summed E-state index contributed by atoms with van der Waals surface area (Å²) in [6.45, 7) is 4.09. The van der Waals surface area contributed by atoms with Crippen LogP contribution in [-0.4, -0.2) is 24.0 Å². The van der Waals surface area contributed by atoms with E-state index in [0.29, 0.717) is 12.3 Å². The number of hydrogen-bond acceptors (Lipinski definition) is 3. The first kappa shape index (κ1) is 19.2. The van der Waals surface area contributed by atoms with E-state index in [2.05, 4.69) is 15.6 Å². The molecule has 0 aliphatic carbocycles. The van der Waals surface area contributed by atoms with E-state index in [4.69, 9.17) is 0 Å². The van der Waals surface area contributed by atoms with Crippen molar-refractivity contribution in [1.29, 1.82) is 0 Å². The molecule has 0 radical (unpaired) electrons. The number of nitrogens with one attached hydrogen (secondary N) is 2. The molecule has 1 aromatic rings. The van der Waals surface area contributed by atoms with E-state index in [9.17, 15) is 4.79 Å². The summed E-state index contributed by atoms with van der Waals surface area (Å²) in [5.41, 5.74) is 1.69. The number of nitrogens with zero attached hydrogens (tertiary/aromatic N) is 1. The number of piperidine rings is 1. The highest BCUT2D eigenvalue weighted by atomic mass is 35.5. The van der Waals surface area contributed by atoms with Crippen molar-refractivity contribution in [3.63, 3.8) is 0 Å². The predicted octanol–water partition coefficient (Wildman–Crippen LogP) is 2.95. The summed E-state index contributed by atoms with van der Waals surface area (Å²) in [6, 6.07) is 3.74. The Kier molecular flexibility index (Phi) is 9.55. The third-order valence-electron chi connectivity index (χ3n) is 3.52. The third kappa shape index (κ3) is 6.07. The molecule has 0 atom stereocenters. The molecule has 2 rings (SSSR count). The van der Waals surface area contributed by atoms with Crippen LogP contribution in [0.3, 0.4) is 0 Å². The average Bonchev–Trinajstić information content (AvgIpc) is 2.40. The highest BCUT2D eigenvalue weighted by Crippen LogP contribution is 2.18. The summed E-state index contributed by atoms with van der Waals surface area (Å²) in [5, 5.41) is 6.27. The normalized spacial score (nSPS) is 14.8. The second-order valence-electron chi connectivity index (χ2n) is 4.92. The first-order valence-corrected chi connectivity index (χ1v) is 6.68. The van der Waals surface area contributed by atoms with Gasteiger partial charge in [0, 0.05) is 12.6 Å². The topological polar surface area (TPSA) is 54.0 Å². The molecule has 20 heavy (non-hydrogen) atoms. The van der Waals surface area contributed by atoms with E-state index in [1.54, 1.807) is 6.20 Å². The Morgan fingerprint density at radius 3 is 2.75 bits per heavy atom. The number of pyridine rings is 1. The molecule has 0 aromatic carbocycles. The first-order chi connectivity index (χ1) is 8.75. The van der Waals surface area contributed by atoms with Gasteiger partial charge in [0.2, 0.25) is 5.91 Å². The molecule has 114 valence electrons. The lowest BCUT2D eigenvalue weighted by Crippen LogP contribution is -2.28. The molecule has 0 unspecified atom stereocenters. The lowest BCUT2D eigenvalue weighted by molar-refractivity contribution is -0.116. The first-order valence-electron chi connectivity index (χ1n) is 6.68. The van der Waals surface area contributed by atoms with E-state index >= 15 is 0 Å². The van der Waals surface area contributed by atoms with Crippen LogP contribution >= 0.6 is 24.8 Å². The number of aromatic nitrogens is 1. The fourth-order valence-corrected chi connectivity index (χ4v) is 2.33. The van der Waals surface area contributed by atoms with Gasteiger partial charge in [0.15, 0.2) is 0 Å². The summed E-state index contributed by atoms with van der Waals surface area (Å²) < 4.78 is 0. The molecule has 0 bridgehead atoms. The molecular formula is C14H23Cl2N3O. The maximum absolute atomic E-state index is 11.9. The number of amides is 1. The van der Waals surface area contributed by atoms with Crippen LogP contribution in [0, 0.1) is 12.8 Å². The smallest absolute Gasteiger partial charge is 0.224 e. The standard InChI is InChI=1S/C14H21N3O.2ClH/c1-11-13(3-2-8-16-11)17-14(18)5-4-12-6-9-15-10-7-12;;/h2-3,8,12,15H,4-7,9-10H2,1H3,(H,17,18);2*1H. The summed E-state index contributed by atoms with van der Waals surface area (Å²) in [7, 11) is 0. The summed E-state index contributed by atoms with van der Waals surface area (Å²) in [5.74, 6) is 0.802. The quantitative estimate of drug-likeness (QED) is 0.897. The van der Waals surface area contributed by atoms with E-state index < -0.39 is 0 Å². The molecule has 6 heteroatoms. The average molecular weight is 320 g/mol. The van der Waals surface area contributed by atoms with Gasteiger partial charge < -0.3 is 10.6 Å². The summed E-state index contributed by atoms with van der Waals surface area (Å²) >= 11 is 0. The summed E-state index contributed by atoms with van der Waals surface area (Å²) in [4.78, 5) is 16.0. The fourth-order valence-electron chi connectivity index (χ4n) is 2.33. The Bertz CT molecular complexity index is 409. The summed E-state index contributed by atoms with van der Waals surface area (Å²) in [6.07, 6.45) is 5.73. The highest BCUT2D eigenvalue weighted by Gasteiger charge is 2.14. The Morgan fingerprint density at radius 2 is 2.10 bits per heavy atom. The molecule has 0 saturated carbocycles. The zero-order valence-corrected chi connectivity index (χ0v) is 13.4. The van der Waals surface area contributed by atoms with Crippen LogP contribution in [0.15, 0.2) is 18.3 Å². The molecule has 4 nitrogen and oxygen atoms in total. The second kappa shape index (κ2) is 9.97. The van der Waals surface area contributed by atoms with Gasteiger partial charge in [-0.15, -0.1) is 24.8 Å². The zero-order valence-electron chi connectivity index (χ0n) is 11.7. The largest absolute Gasteiger partial charge is 0.325 e. The van der Waals surface area contributed by atoms with Crippen LogP contribution in [0.4, 0.5) is 5.69 Å². The molecule has 1 aliphatic rings. The van der Waals surface area contributed by atoms with Gasteiger partial charge in [-0.3, -0.25) is 9.78 Å². The Balaban J connectivity index is 0.00000180. The minimum atomic E-state index is 0. The molecule has 0 spiro atoms. The maximum atomic E-state index is 11.9. The van der Waals surface area contributed by atoms with Gasteiger partial charge in [0.1, 0.15) is 0 Å². The van der Waals surface area contributed by atoms with Gasteiger partial charge in [-0.25, -0.2) is 0 Å². The van der Waals surface area contributed by atoms with Crippen molar-refractivity contribution < 1.29 is 4.79 Å². The van der Waals surface area contributed by atoms with Crippen molar-refractivity contribution in [2.45, 2.75) is 32.6 Å². The minimum Gasteiger partial charge on any atom is -0.325 e. The van der Waals surface area contributed by atoms with Crippen molar-refractivity contribution in [2.24, 2.45) is 5.92 Å². The Labute approximate surface area is 132 Å². The van der Waals surface area contributed by atoms with Crippen LogP contribution in [0.5, 0.6) is 0 Å². The van der Waals surface area contributed by atoms with Crippen LogP contribution in [-0.2, 0) is 4.79 Å². The third-order valence-corrected chi connectivity index (χ3v) is 3.52.